The second-order valence-electron chi connectivity index (χ2n) is 3.36. The predicted octanol–water partition coefficient (Wildman–Crippen LogP) is 2.46. The highest BCUT2D eigenvalue weighted by Gasteiger charge is 2.35. The molecule has 88 valence electrons. The first-order chi connectivity index (χ1) is 7.98. The van der Waals surface area contributed by atoms with E-state index in [9.17, 15) is 18.0 Å². The molecule has 1 aromatic heterocycles. The van der Waals surface area contributed by atoms with E-state index in [0.29, 0.717) is 11.6 Å². The molecule has 2 rings (SSSR count). The Labute approximate surface area is 93.9 Å². The molecular formula is C11H7F3N2O. The van der Waals surface area contributed by atoms with E-state index in [-0.39, 0.29) is 5.69 Å². The molecule has 1 N–H and O–H groups in total. The van der Waals surface area contributed by atoms with E-state index in [2.05, 4.69) is 5.10 Å². The molecule has 17 heavy (non-hydrogen) atoms. The average molecular weight is 240 g/mol. The summed E-state index contributed by atoms with van der Waals surface area (Å²) in [7, 11) is 0. The molecule has 0 radical (unpaired) electrons. The molecule has 3 nitrogen and oxygen atoms in total. The van der Waals surface area contributed by atoms with Crippen molar-refractivity contribution >= 4 is 0 Å². The van der Waals surface area contributed by atoms with Crippen molar-refractivity contribution in [3.8, 4) is 11.3 Å². The van der Waals surface area contributed by atoms with Crippen molar-refractivity contribution in [2.45, 2.75) is 6.18 Å². The number of benzene rings is 1. The van der Waals surface area contributed by atoms with Crippen molar-refractivity contribution in [3.63, 3.8) is 0 Å². The fourth-order valence-corrected chi connectivity index (χ4v) is 1.44. The maximum Gasteiger partial charge on any atom is 0.418 e. The number of nitrogens with zero attached hydrogens (tertiary/aromatic N) is 1. The van der Waals surface area contributed by atoms with Gasteiger partial charge in [-0.25, -0.2) is 5.10 Å². The van der Waals surface area contributed by atoms with Crippen LogP contribution >= 0.6 is 0 Å². The van der Waals surface area contributed by atoms with Gasteiger partial charge in [-0.15, -0.1) is 0 Å². The predicted molar refractivity (Wildman–Crippen MR) is 55.3 cm³/mol. The Morgan fingerprint density at radius 1 is 1.12 bits per heavy atom. The lowest BCUT2D eigenvalue weighted by atomic mass is 10.1. The number of H-pyrrole nitrogens is 1. The van der Waals surface area contributed by atoms with Crippen LogP contribution in [0.1, 0.15) is 5.56 Å². The number of nitrogens with one attached hydrogen (secondary N) is 1. The number of alkyl halides is 3. The Morgan fingerprint density at radius 3 is 2.35 bits per heavy atom. The molecule has 0 aliphatic carbocycles. The summed E-state index contributed by atoms with van der Waals surface area (Å²) in [6, 6.07) is 8.38. The monoisotopic (exact) mass is 240 g/mol. The fourth-order valence-electron chi connectivity index (χ4n) is 1.44. The van der Waals surface area contributed by atoms with Gasteiger partial charge in [-0.2, -0.15) is 18.3 Å². The molecule has 0 unspecified atom stereocenters. The summed E-state index contributed by atoms with van der Waals surface area (Å²) in [6.45, 7) is 0. The maximum absolute atomic E-state index is 12.7. The third-order valence-electron chi connectivity index (χ3n) is 2.16. The molecular weight excluding hydrogens is 233 g/mol. The zero-order chi connectivity index (χ0) is 12.5. The Morgan fingerprint density at radius 2 is 1.76 bits per heavy atom. The van der Waals surface area contributed by atoms with Gasteiger partial charge in [0, 0.05) is 11.6 Å². The zero-order valence-corrected chi connectivity index (χ0v) is 8.45. The van der Waals surface area contributed by atoms with Crippen molar-refractivity contribution in [2.75, 3.05) is 0 Å². The highest BCUT2D eigenvalue weighted by molar-refractivity contribution is 5.62. The Hall–Kier alpha value is -2.11. The van der Waals surface area contributed by atoms with Gasteiger partial charge in [0.25, 0.3) is 5.56 Å². The van der Waals surface area contributed by atoms with Crippen molar-refractivity contribution in [1.29, 1.82) is 0 Å². The summed E-state index contributed by atoms with van der Waals surface area (Å²) in [5, 5.41) is 5.46. The van der Waals surface area contributed by atoms with Gasteiger partial charge in [0.1, 0.15) is 5.69 Å². The van der Waals surface area contributed by atoms with Gasteiger partial charge in [0.2, 0.25) is 0 Å². The number of aromatic nitrogens is 2. The molecule has 0 amide bonds. The van der Waals surface area contributed by atoms with E-state index >= 15 is 0 Å². The number of hydrogen-bond acceptors (Lipinski definition) is 2. The first-order valence-electron chi connectivity index (χ1n) is 4.71. The molecule has 2 aromatic rings. The van der Waals surface area contributed by atoms with Gasteiger partial charge in [-0.3, -0.25) is 4.79 Å². The summed E-state index contributed by atoms with van der Waals surface area (Å²) in [5.41, 5.74) is -1.89. The molecule has 0 aliphatic heterocycles. The van der Waals surface area contributed by atoms with Crippen LogP contribution in [-0.4, -0.2) is 10.2 Å². The Kier molecular flexibility index (Phi) is 2.71. The quantitative estimate of drug-likeness (QED) is 0.832. The van der Waals surface area contributed by atoms with Crippen LogP contribution < -0.4 is 5.56 Å². The van der Waals surface area contributed by atoms with Crippen molar-refractivity contribution in [2.24, 2.45) is 0 Å². The largest absolute Gasteiger partial charge is 0.418 e. The van der Waals surface area contributed by atoms with Crippen LogP contribution in [0.3, 0.4) is 0 Å². The minimum atomic E-state index is -4.60. The molecule has 0 spiro atoms. The van der Waals surface area contributed by atoms with Gasteiger partial charge in [-0.05, 0) is 0 Å². The van der Waals surface area contributed by atoms with E-state index in [4.69, 9.17) is 0 Å². The summed E-state index contributed by atoms with van der Waals surface area (Å²) in [5.74, 6) is 0. The molecule has 1 heterocycles. The minimum absolute atomic E-state index is 0.280. The van der Waals surface area contributed by atoms with E-state index in [0.717, 1.165) is 0 Å². The minimum Gasteiger partial charge on any atom is -0.268 e. The van der Waals surface area contributed by atoms with Crippen molar-refractivity contribution in [3.05, 3.63) is 52.3 Å². The molecule has 0 saturated heterocycles. The third-order valence-corrected chi connectivity index (χ3v) is 2.16. The van der Waals surface area contributed by atoms with Crippen LogP contribution in [0.4, 0.5) is 13.2 Å². The SMILES string of the molecule is O=c1cc(C(F)(F)F)c(-c2ccccc2)n[nH]1. The zero-order valence-electron chi connectivity index (χ0n) is 8.45. The van der Waals surface area contributed by atoms with Crippen LogP contribution in [0.25, 0.3) is 11.3 Å². The summed E-state index contributed by atoms with van der Waals surface area (Å²) < 4.78 is 38.2. The summed E-state index contributed by atoms with van der Waals surface area (Å²) in [6.07, 6.45) is -4.60. The molecule has 0 atom stereocenters. The summed E-state index contributed by atoms with van der Waals surface area (Å²) >= 11 is 0. The lowest BCUT2D eigenvalue weighted by molar-refractivity contribution is -0.137. The Balaban J connectivity index is 2.67. The molecule has 0 fully saturated rings. The highest BCUT2D eigenvalue weighted by Crippen LogP contribution is 2.34. The second-order valence-corrected chi connectivity index (χ2v) is 3.36. The number of hydrogen-bond donors (Lipinski definition) is 1. The lowest BCUT2D eigenvalue weighted by Gasteiger charge is -2.10. The van der Waals surface area contributed by atoms with E-state index in [1.165, 1.54) is 12.1 Å². The van der Waals surface area contributed by atoms with Gasteiger partial charge in [0.15, 0.2) is 0 Å². The normalized spacial score (nSPS) is 11.5. The van der Waals surface area contributed by atoms with Crippen LogP contribution in [-0.2, 0) is 6.18 Å². The van der Waals surface area contributed by atoms with E-state index in [1.807, 2.05) is 5.10 Å². The van der Waals surface area contributed by atoms with Gasteiger partial charge in [-0.1, -0.05) is 30.3 Å². The fraction of sp³-hybridized carbons (Fsp3) is 0.0909. The third kappa shape index (κ3) is 2.35. The topological polar surface area (TPSA) is 45.8 Å². The highest BCUT2D eigenvalue weighted by atomic mass is 19.4. The van der Waals surface area contributed by atoms with Crippen molar-refractivity contribution < 1.29 is 13.2 Å². The van der Waals surface area contributed by atoms with Crippen LogP contribution in [0.5, 0.6) is 0 Å². The first-order valence-corrected chi connectivity index (χ1v) is 4.71. The molecule has 1 aromatic carbocycles. The molecule has 0 aliphatic rings. The average Bonchev–Trinajstić information content (AvgIpc) is 2.29. The number of halogens is 3. The number of aromatic amines is 1. The molecule has 0 bridgehead atoms. The van der Waals surface area contributed by atoms with Crippen LogP contribution in [0, 0.1) is 0 Å². The van der Waals surface area contributed by atoms with E-state index < -0.39 is 17.3 Å². The summed E-state index contributed by atoms with van der Waals surface area (Å²) in [4.78, 5) is 10.9. The van der Waals surface area contributed by atoms with Crippen LogP contribution in [0.15, 0.2) is 41.2 Å². The van der Waals surface area contributed by atoms with Gasteiger partial charge < -0.3 is 0 Å². The van der Waals surface area contributed by atoms with Crippen LogP contribution in [0.2, 0.25) is 0 Å². The standard InChI is InChI=1S/C11H7F3N2O/c12-11(13,14)8-6-9(17)15-16-10(8)7-4-2-1-3-5-7/h1-6H,(H,15,17). The van der Waals surface area contributed by atoms with Gasteiger partial charge >= 0.3 is 6.18 Å². The smallest absolute Gasteiger partial charge is 0.268 e. The molecule has 6 heteroatoms. The van der Waals surface area contributed by atoms with E-state index in [1.54, 1.807) is 18.2 Å². The first kappa shape index (κ1) is 11.4. The Bertz CT molecular complexity index is 575. The lowest BCUT2D eigenvalue weighted by Crippen LogP contribution is -2.16. The van der Waals surface area contributed by atoms with Gasteiger partial charge in [0.05, 0.1) is 5.56 Å². The van der Waals surface area contributed by atoms with Crippen molar-refractivity contribution in [1.82, 2.24) is 10.2 Å². The molecule has 0 saturated carbocycles. The number of rotatable bonds is 1. The maximum atomic E-state index is 12.7. The second kappa shape index (κ2) is 4.04.